The molecular weight excluding hydrogens is 316 g/mol. The Balaban J connectivity index is 1.81. The number of fused-ring (bicyclic) bond motifs is 1. The molecule has 1 N–H and O–H groups in total. The van der Waals surface area contributed by atoms with Gasteiger partial charge in [-0.15, -0.1) is 0 Å². The van der Waals surface area contributed by atoms with E-state index >= 15 is 0 Å². The summed E-state index contributed by atoms with van der Waals surface area (Å²) in [7, 11) is 1.61. The van der Waals surface area contributed by atoms with Gasteiger partial charge >= 0.3 is 0 Å². The Morgan fingerprint density at radius 2 is 1.96 bits per heavy atom. The third-order valence-electron chi connectivity index (χ3n) is 4.43. The molecule has 0 saturated carbocycles. The zero-order chi connectivity index (χ0) is 17.8. The van der Waals surface area contributed by atoms with Gasteiger partial charge < -0.3 is 10.1 Å². The minimum atomic E-state index is -0.271. The maximum Gasteiger partial charge on any atom is 0.234 e. The quantitative estimate of drug-likeness (QED) is 0.910. The molecule has 0 bridgehead atoms. The number of carbonyl (C=O) groups excluding carboxylic acids is 2. The Morgan fingerprint density at radius 3 is 2.72 bits per heavy atom. The number of aryl methyl sites for hydroxylation is 1. The lowest BCUT2D eigenvalue weighted by atomic mass is 10.1. The number of nitrogens with one attached hydrogen (secondary N) is 1. The minimum absolute atomic E-state index is 0.208. The summed E-state index contributed by atoms with van der Waals surface area (Å²) in [5, 5.41) is 3.28. The zero-order valence-corrected chi connectivity index (χ0v) is 14.5. The fourth-order valence-corrected chi connectivity index (χ4v) is 3.25. The average Bonchev–Trinajstić information content (AvgIpc) is 3.09. The SMILES string of the molecule is COc1ccccc1CCC(=O)N(C(C)=O)c1cccc2c1NCC2. The van der Waals surface area contributed by atoms with Crippen molar-refractivity contribution in [3.63, 3.8) is 0 Å². The molecule has 1 aliphatic rings. The van der Waals surface area contributed by atoms with E-state index in [9.17, 15) is 9.59 Å². The number of para-hydroxylation sites is 2. The molecule has 0 aromatic heterocycles. The molecule has 130 valence electrons. The first-order valence-corrected chi connectivity index (χ1v) is 8.43. The van der Waals surface area contributed by atoms with Crippen LogP contribution in [-0.4, -0.2) is 25.5 Å². The van der Waals surface area contributed by atoms with Crippen molar-refractivity contribution in [2.24, 2.45) is 0 Å². The third kappa shape index (κ3) is 3.50. The summed E-state index contributed by atoms with van der Waals surface area (Å²) in [4.78, 5) is 26.3. The first-order chi connectivity index (χ1) is 12.1. The van der Waals surface area contributed by atoms with Gasteiger partial charge in [0.1, 0.15) is 5.75 Å². The molecule has 0 saturated heterocycles. The highest BCUT2D eigenvalue weighted by atomic mass is 16.5. The topological polar surface area (TPSA) is 58.6 Å². The van der Waals surface area contributed by atoms with Crippen LogP contribution in [0.15, 0.2) is 42.5 Å². The first-order valence-electron chi connectivity index (χ1n) is 8.43. The molecule has 1 aliphatic heterocycles. The van der Waals surface area contributed by atoms with Gasteiger partial charge in [0, 0.05) is 19.9 Å². The molecule has 0 fully saturated rings. The summed E-state index contributed by atoms with van der Waals surface area (Å²) < 4.78 is 5.33. The van der Waals surface area contributed by atoms with Crippen LogP contribution in [0, 0.1) is 0 Å². The lowest BCUT2D eigenvalue weighted by Crippen LogP contribution is -2.35. The number of benzene rings is 2. The maximum atomic E-state index is 12.8. The number of ether oxygens (including phenoxy) is 1. The molecule has 0 atom stereocenters. The monoisotopic (exact) mass is 338 g/mol. The molecule has 5 heteroatoms. The summed E-state index contributed by atoms with van der Waals surface area (Å²) in [6.07, 6.45) is 1.67. The van der Waals surface area contributed by atoms with Gasteiger partial charge in [-0.05, 0) is 36.1 Å². The fraction of sp³-hybridized carbons (Fsp3) is 0.300. The van der Waals surface area contributed by atoms with Crippen molar-refractivity contribution in [1.29, 1.82) is 0 Å². The van der Waals surface area contributed by atoms with Crippen LogP contribution in [-0.2, 0) is 22.4 Å². The van der Waals surface area contributed by atoms with Crippen LogP contribution in [0.1, 0.15) is 24.5 Å². The van der Waals surface area contributed by atoms with Crippen LogP contribution >= 0.6 is 0 Å². The van der Waals surface area contributed by atoms with Crippen LogP contribution in [0.25, 0.3) is 0 Å². The Labute approximate surface area is 147 Å². The number of hydrogen-bond donors (Lipinski definition) is 1. The molecule has 2 amide bonds. The van der Waals surface area contributed by atoms with Gasteiger partial charge in [-0.3, -0.25) is 9.59 Å². The average molecular weight is 338 g/mol. The van der Waals surface area contributed by atoms with Gasteiger partial charge in [-0.25, -0.2) is 4.90 Å². The summed E-state index contributed by atoms with van der Waals surface area (Å²) >= 11 is 0. The molecule has 0 unspecified atom stereocenters. The van der Waals surface area contributed by atoms with E-state index in [-0.39, 0.29) is 18.2 Å². The molecule has 2 aromatic carbocycles. The van der Waals surface area contributed by atoms with E-state index < -0.39 is 0 Å². The standard InChI is InChI=1S/C20H22N2O3/c1-14(23)22(17-8-5-7-16-12-13-21-20(16)17)19(24)11-10-15-6-3-4-9-18(15)25-2/h3-9,21H,10-13H2,1-2H3. The maximum absolute atomic E-state index is 12.8. The number of hydrogen-bond acceptors (Lipinski definition) is 4. The Hall–Kier alpha value is -2.82. The number of anilines is 2. The molecule has 0 aliphatic carbocycles. The van der Waals surface area contributed by atoms with Crippen molar-refractivity contribution in [3.8, 4) is 5.75 Å². The van der Waals surface area contributed by atoms with Crippen molar-refractivity contribution in [3.05, 3.63) is 53.6 Å². The zero-order valence-electron chi connectivity index (χ0n) is 14.5. The third-order valence-corrected chi connectivity index (χ3v) is 4.43. The van der Waals surface area contributed by atoms with Crippen LogP contribution in [0.3, 0.4) is 0 Å². The highest BCUT2D eigenvalue weighted by Gasteiger charge is 2.25. The minimum Gasteiger partial charge on any atom is -0.496 e. The molecule has 0 radical (unpaired) electrons. The molecule has 3 rings (SSSR count). The number of carbonyl (C=O) groups is 2. The number of rotatable bonds is 5. The lowest BCUT2D eigenvalue weighted by Gasteiger charge is -2.22. The second-order valence-corrected chi connectivity index (χ2v) is 6.05. The number of methoxy groups -OCH3 is 1. The van der Waals surface area contributed by atoms with E-state index in [1.807, 2.05) is 42.5 Å². The molecule has 25 heavy (non-hydrogen) atoms. The molecule has 0 spiro atoms. The predicted octanol–water partition coefficient (Wildman–Crippen LogP) is 3.18. The Morgan fingerprint density at radius 1 is 1.16 bits per heavy atom. The smallest absolute Gasteiger partial charge is 0.234 e. The molecule has 5 nitrogen and oxygen atoms in total. The van der Waals surface area contributed by atoms with E-state index in [4.69, 9.17) is 4.74 Å². The summed E-state index contributed by atoms with van der Waals surface area (Å²) in [6.45, 7) is 2.25. The van der Waals surface area contributed by atoms with Crippen molar-refractivity contribution in [2.45, 2.75) is 26.2 Å². The fourth-order valence-electron chi connectivity index (χ4n) is 3.25. The normalized spacial score (nSPS) is 12.2. The van der Waals surface area contributed by atoms with E-state index in [1.54, 1.807) is 7.11 Å². The second kappa shape index (κ2) is 7.38. The van der Waals surface area contributed by atoms with Gasteiger partial charge in [0.25, 0.3) is 0 Å². The van der Waals surface area contributed by atoms with E-state index in [0.717, 1.165) is 35.5 Å². The summed E-state index contributed by atoms with van der Waals surface area (Å²) in [5.41, 5.74) is 3.63. The predicted molar refractivity (Wildman–Crippen MR) is 98.1 cm³/mol. The van der Waals surface area contributed by atoms with Gasteiger partial charge in [0.15, 0.2) is 0 Å². The summed E-state index contributed by atoms with van der Waals surface area (Å²) in [6, 6.07) is 13.4. The van der Waals surface area contributed by atoms with Crippen LogP contribution in [0.2, 0.25) is 0 Å². The Bertz CT molecular complexity index is 801. The van der Waals surface area contributed by atoms with Crippen LogP contribution in [0.5, 0.6) is 5.75 Å². The molecular formula is C20H22N2O3. The van der Waals surface area contributed by atoms with E-state index in [1.165, 1.54) is 11.8 Å². The number of imide groups is 1. The van der Waals surface area contributed by atoms with Crippen molar-refractivity contribution >= 4 is 23.2 Å². The molecule has 1 heterocycles. The first kappa shape index (κ1) is 17.0. The van der Waals surface area contributed by atoms with E-state index in [2.05, 4.69) is 5.32 Å². The van der Waals surface area contributed by atoms with E-state index in [0.29, 0.717) is 12.1 Å². The number of nitrogens with zero attached hydrogens (tertiary/aromatic N) is 1. The number of amides is 2. The van der Waals surface area contributed by atoms with Crippen molar-refractivity contribution in [2.75, 3.05) is 23.9 Å². The highest BCUT2D eigenvalue weighted by Crippen LogP contribution is 2.34. The van der Waals surface area contributed by atoms with Crippen molar-refractivity contribution < 1.29 is 14.3 Å². The second-order valence-electron chi connectivity index (χ2n) is 6.05. The van der Waals surface area contributed by atoms with Crippen LogP contribution < -0.4 is 15.0 Å². The molecule has 2 aromatic rings. The largest absolute Gasteiger partial charge is 0.496 e. The lowest BCUT2D eigenvalue weighted by molar-refractivity contribution is -0.125. The highest BCUT2D eigenvalue weighted by molar-refractivity contribution is 6.16. The van der Waals surface area contributed by atoms with Gasteiger partial charge in [-0.1, -0.05) is 30.3 Å². The van der Waals surface area contributed by atoms with Crippen LogP contribution in [0.4, 0.5) is 11.4 Å². The van der Waals surface area contributed by atoms with Gasteiger partial charge in [0.2, 0.25) is 11.8 Å². The van der Waals surface area contributed by atoms with Crippen molar-refractivity contribution in [1.82, 2.24) is 0 Å². The summed E-state index contributed by atoms with van der Waals surface area (Å²) in [5.74, 6) is 0.277. The van der Waals surface area contributed by atoms with Gasteiger partial charge in [-0.2, -0.15) is 0 Å². The van der Waals surface area contributed by atoms with Gasteiger partial charge in [0.05, 0.1) is 18.5 Å². The Kier molecular flexibility index (Phi) is 5.03.